The third-order valence-electron chi connectivity index (χ3n) is 4.77. The summed E-state index contributed by atoms with van der Waals surface area (Å²) in [6.07, 6.45) is 2.90. The first-order valence-corrected chi connectivity index (χ1v) is 9.61. The summed E-state index contributed by atoms with van der Waals surface area (Å²) in [5, 5.41) is 16.2. The average Bonchev–Trinajstić information content (AvgIpc) is 3.28. The molecule has 0 saturated carbocycles. The van der Waals surface area contributed by atoms with Crippen molar-refractivity contribution in [2.45, 2.75) is 13.8 Å². The number of nitriles is 1. The zero-order valence-corrected chi connectivity index (χ0v) is 16.9. The van der Waals surface area contributed by atoms with Crippen molar-refractivity contribution < 1.29 is 14.4 Å². The summed E-state index contributed by atoms with van der Waals surface area (Å²) in [5.41, 5.74) is 0.814. The van der Waals surface area contributed by atoms with Crippen LogP contribution in [-0.4, -0.2) is 43.9 Å². The van der Waals surface area contributed by atoms with Crippen LogP contribution in [0.2, 0.25) is 0 Å². The van der Waals surface area contributed by atoms with Gasteiger partial charge in [0, 0.05) is 18.3 Å². The lowest BCUT2D eigenvalue weighted by Gasteiger charge is -2.15. The Morgan fingerprint density at radius 2 is 1.94 bits per heavy atom. The number of aromatic nitrogens is 3. The molecule has 3 heterocycles. The number of hydrogen-bond donors (Lipinski definition) is 1. The minimum absolute atomic E-state index is 0.126. The average molecular weight is 414 g/mol. The van der Waals surface area contributed by atoms with Crippen LogP contribution in [0.25, 0.3) is 5.82 Å². The molecule has 0 bridgehead atoms. The van der Waals surface area contributed by atoms with E-state index in [0.717, 1.165) is 0 Å². The molecular formula is C22H18N6O3. The van der Waals surface area contributed by atoms with Crippen LogP contribution in [0.15, 0.2) is 48.8 Å². The first-order chi connectivity index (χ1) is 14.9. The number of nitrogens with one attached hydrogen (secondary N) is 1. The van der Waals surface area contributed by atoms with Gasteiger partial charge in [-0.2, -0.15) is 15.0 Å². The summed E-state index contributed by atoms with van der Waals surface area (Å²) < 4.78 is 1.35. The topological polar surface area (TPSA) is 121 Å². The molecule has 3 amide bonds. The number of pyridine rings is 1. The Balaban J connectivity index is 1.65. The predicted octanol–water partition coefficient (Wildman–Crippen LogP) is 2.64. The van der Waals surface area contributed by atoms with Gasteiger partial charge in [0.1, 0.15) is 11.6 Å². The van der Waals surface area contributed by atoms with Crippen LogP contribution in [0.3, 0.4) is 0 Å². The van der Waals surface area contributed by atoms with Gasteiger partial charge in [-0.3, -0.25) is 19.3 Å². The van der Waals surface area contributed by atoms with Gasteiger partial charge in [0.2, 0.25) is 0 Å². The molecule has 1 aliphatic heterocycles. The first-order valence-electron chi connectivity index (χ1n) is 9.61. The number of imide groups is 1. The van der Waals surface area contributed by atoms with Gasteiger partial charge in [-0.25, -0.2) is 4.98 Å². The molecule has 0 atom stereocenters. The number of anilines is 1. The summed E-state index contributed by atoms with van der Waals surface area (Å²) in [4.78, 5) is 43.5. The number of carbonyl (C=O) groups is 3. The zero-order chi connectivity index (χ0) is 22.1. The molecule has 0 aliphatic carbocycles. The Kier molecular flexibility index (Phi) is 5.05. The zero-order valence-electron chi connectivity index (χ0n) is 16.9. The Hall–Kier alpha value is -4.32. The van der Waals surface area contributed by atoms with Gasteiger partial charge in [-0.15, -0.1) is 0 Å². The summed E-state index contributed by atoms with van der Waals surface area (Å²) >= 11 is 0. The second-order valence-corrected chi connectivity index (χ2v) is 7.45. The van der Waals surface area contributed by atoms with E-state index in [4.69, 9.17) is 0 Å². The molecule has 1 aromatic carbocycles. The van der Waals surface area contributed by atoms with Crippen molar-refractivity contribution in [1.29, 1.82) is 5.26 Å². The predicted molar refractivity (Wildman–Crippen MR) is 111 cm³/mol. The highest BCUT2D eigenvalue weighted by atomic mass is 16.2. The number of hydrogen-bond acceptors (Lipinski definition) is 6. The Morgan fingerprint density at radius 3 is 2.61 bits per heavy atom. The van der Waals surface area contributed by atoms with Gasteiger partial charge in [0.15, 0.2) is 11.6 Å². The molecule has 9 nitrogen and oxygen atoms in total. The highest BCUT2D eigenvalue weighted by Gasteiger charge is 2.36. The van der Waals surface area contributed by atoms with Gasteiger partial charge in [0.25, 0.3) is 17.7 Å². The minimum Gasteiger partial charge on any atom is -0.305 e. The standard InChI is InChI=1S/C22H18N6O3/c1-13(2)12-27-21(30)16-7-6-14(9-17(16)22(27)31)20(29)26-19-15(10-23)11-25-28(19)18-5-3-4-8-24-18/h3-9,11,13H,12H2,1-2H3,(H,26,29). The highest BCUT2D eigenvalue weighted by molar-refractivity contribution is 6.22. The maximum atomic E-state index is 12.9. The molecule has 3 aromatic rings. The Bertz CT molecular complexity index is 1240. The number of benzene rings is 1. The summed E-state index contributed by atoms with van der Waals surface area (Å²) in [5.74, 6) is -0.602. The van der Waals surface area contributed by atoms with E-state index in [1.54, 1.807) is 24.4 Å². The van der Waals surface area contributed by atoms with E-state index in [1.807, 2.05) is 19.9 Å². The lowest BCUT2D eigenvalue weighted by molar-refractivity contribution is 0.0636. The maximum absolute atomic E-state index is 12.9. The van der Waals surface area contributed by atoms with Crippen molar-refractivity contribution in [2.75, 3.05) is 11.9 Å². The van der Waals surface area contributed by atoms with Crippen LogP contribution in [0, 0.1) is 17.2 Å². The van der Waals surface area contributed by atoms with E-state index in [0.29, 0.717) is 12.4 Å². The van der Waals surface area contributed by atoms with Gasteiger partial charge in [0.05, 0.1) is 17.3 Å². The molecule has 31 heavy (non-hydrogen) atoms. The van der Waals surface area contributed by atoms with Crippen LogP contribution < -0.4 is 5.32 Å². The summed E-state index contributed by atoms with van der Waals surface area (Å²) in [6, 6.07) is 11.5. The molecule has 4 rings (SSSR count). The minimum atomic E-state index is -0.542. The van der Waals surface area contributed by atoms with Gasteiger partial charge in [-0.1, -0.05) is 19.9 Å². The Morgan fingerprint density at radius 1 is 1.16 bits per heavy atom. The molecule has 9 heteroatoms. The molecule has 0 radical (unpaired) electrons. The second-order valence-electron chi connectivity index (χ2n) is 7.45. The molecule has 0 spiro atoms. The van der Waals surface area contributed by atoms with Crippen molar-refractivity contribution in [3.05, 3.63) is 71.0 Å². The Labute approximate surface area is 177 Å². The van der Waals surface area contributed by atoms with E-state index in [-0.39, 0.29) is 39.9 Å². The third-order valence-corrected chi connectivity index (χ3v) is 4.77. The van der Waals surface area contributed by atoms with Crippen molar-refractivity contribution in [2.24, 2.45) is 5.92 Å². The van der Waals surface area contributed by atoms with Crippen LogP contribution in [0.4, 0.5) is 5.82 Å². The molecule has 0 fully saturated rings. The molecule has 0 unspecified atom stereocenters. The monoisotopic (exact) mass is 414 g/mol. The molecule has 1 aliphatic rings. The molecular weight excluding hydrogens is 396 g/mol. The van der Waals surface area contributed by atoms with Crippen molar-refractivity contribution >= 4 is 23.5 Å². The van der Waals surface area contributed by atoms with Crippen LogP contribution in [-0.2, 0) is 0 Å². The maximum Gasteiger partial charge on any atom is 0.261 e. The fourth-order valence-corrected chi connectivity index (χ4v) is 3.35. The normalized spacial score (nSPS) is 12.8. The van der Waals surface area contributed by atoms with E-state index >= 15 is 0 Å². The second kappa shape index (κ2) is 7.84. The van der Waals surface area contributed by atoms with Crippen molar-refractivity contribution in [3.8, 4) is 11.9 Å². The summed E-state index contributed by atoms with van der Waals surface area (Å²) in [6.45, 7) is 4.14. The number of carbonyl (C=O) groups excluding carboxylic acids is 3. The molecule has 1 N–H and O–H groups in total. The van der Waals surface area contributed by atoms with E-state index in [2.05, 4.69) is 15.4 Å². The van der Waals surface area contributed by atoms with Crippen LogP contribution in [0.5, 0.6) is 0 Å². The number of fused-ring (bicyclic) bond motifs is 1. The van der Waals surface area contributed by atoms with Crippen molar-refractivity contribution in [3.63, 3.8) is 0 Å². The number of nitrogens with zero attached hydrogens (tertiary/aromatic N) is 5. The SMILES string of the molecule is CC(C)CN1C(=O)c2ccc(C(=O)Nc3c(C#N)cnn3-c3ccccn3)cc2C1=O. The summed E-state index contributed by atoms with van der Waals surface area (Å²) in [7, 11) is 0. The van der Waals surface area contributed by atoms with Crippen LogP contribution in [0.1, 0.15) is 50.5 Å². The van der Waals surface area contributed by atoms with Gasteiger partial charge >= 0.3 is 0 Å². The lowest BCUT2D eigenvalue weighted by Crippen LogP contribution is -2.33. The molecule has 154 valence electrons. The van der Waals surface area contributed by atoms with E-state index in [1.165, 1.54) is 34.0 Å². The lowest BCUT2D eigenvalue weighted by atomic mass is 10.1. The van der Waals surface area contributed by atoms with E-state index in [9.17, 15) is 19.6 Å². The van der Waals surface area contributed by atoms with Crippen LogP contribution >= 0.6 is 0 Å². The third kappa shape index (κ3) is 3.55. The van der Waals surface area contributed by atoms with Gasteiger partial charge < -0.3 is 5.32 Å². The fourth-order valence-electron chi connectivity index (χ4n) is 3.35. The fraction of sp³-hybridized carbons (Fsp3) is 0.182. The number of amides is 3. The highest BCUT2D eigenvalue weighted by Crippen LogP contribution is 2.26. The van der Waals surface area contributed by atoms with Crippen molar-refractivity contribution in [1.82, 2.24) is 19.7 Å². The quantitative estimate of drug-likeness (QED) is 0.641. The number of rotatable bonds is 5. The first kappa shape index (κ1) is 20.0. The molecule has 2 aromatic heterocycles. The van der Waals surface area contributed by atoms with E-state index < -0.39 is 11.8 Å². The largest absolute Gasteiger partial charge is 0.305 e. The molecule has 0 saturated heterocycles. The van der Waals surface area contributed by atoms with Gasteiger partial charge in [-0.05, 0) is 36.2 Å². The smallest absolute Gasteiger partial charge is 0.261 e.